The molecule has 0 atom stereocenters. The van der Waals surface area contributed by atoms with Crippen molar-refractivity contribution in [2.75, 3.05) is 0 Å². The molecule has 4 nitrogen and oxygen atoms in total. The van der Waals surface area contributed by atoms with Crippen molar-refractivity contribution in [1.82, 2.24) is 14.7 Å². The van der Waals surface area contributed by atoms with E-state index in [1.54, 1.807) is 4.90 Å². The molecule has 0 spiro atoms. The second kappa shape index (κ2) is 3.43. The molecule has 1 aliphatic rings. The third-order valence-corrected chi connectivity index (χ3v) is 2.54. The number of hydrogen-bond donors (Lipinski definition) is 0. The summed E-state index contributed by atoms with van der Waals surface area (Å²) in [6.07, 6.45) is 7.06. The molecule has 15 heavy (non-hydrogen) atoms. The second-order valence-corrected chi connectivity index (χ2v) is 3.98. The molecule has 0 bridgehead atoms. The van der Waals surface area contributed by atoms with Gasteiger partial charge < -0.3 is 4.90 Å². The summed E-state index contributed by atoms with van der Waals surface area (Å²) in [6, 6.07) is 0.354. The number of amides is 1. The van der Waals surface area contributed by atoms with Gasteiger partial charge in [0.05, 0.1) is 18.8 Å². The van der Waals surface area contributed by atoms with Crippen LogP contribution >= 0.6 is 0 Å². The molecule has 1 aliphatic heterocycles. The smallest absolute Gasteiger partial charge is 0.298 e. The maximum absolute atomic E-state index is 11.3. The van der Waals surface area contributed by atoms with Crippen molar-refractivity contribution < 1.29 is 4.79 Å². The second-order valence-electron chi connectivity index (χ2n) is 3.98. The van der Waals surface area contributed by atoms with Crippen LogP contribution in [0.4, 0.5) is 0 Å². The minimum atomic E-state index is -0.260. The molecule has 0 saturated heterocycles. The highest BCUT2D eigenvalue weighted by molar-refractivity contribution is 5.93. The van der Waals surface area contributed by atoms with Crippen molar-refractivity contribution in [3.63, 3.8) is 0 Å². The highest BCUT2D eigenvalue weighted by Crippen LogP contribution is 2.22. The Morgan fingerprint density at radius 2 is 2.33 bits per heavy atom. The van der Waals surface area contributed by atoms with Crippen molar-refractivity contribution in [3.8, 4) is 12.3 Å². The molecule has 0 saturated carbocycles. The third-order valence-electron chi connectivity index (χ3n) is 2.54. The van der Waals surface area contributed by atoms with Crippen LogP contribution < -0.4 is 0 Å². The largest absolute Gasteiger partial charge is 0.321 e. The summed E-state index contributed by atoms with van der Waals surface area (Å²) in [7, 11) is 0. The Bertz CT molecular complexity index is 416. The van der Waals surface area contributed by atoms with Crippen molar-refractivity contribution in [3.05, 3.63) is 17.5 Å². The molecule has 0 radical (unpaired) electrons. The van der Waals surface area contributed by atoms with E-state index in [2.05, 4.69) is 24.9 Å². The predicted octanol–water partition coefficient (Wildman–Crippen LogP) is 0.939. The molecule has 0 unspecified atom stereocenters. The Morgan fingerprint density at radius 3 is 2.87 bits per heavy atom. The molecule has 1 amide bonds. The van der Waals surface area contributed by atoms with Crippen molar-refractivity contribution in [1.29, 1.82) is 0 Å². The molecule has 0 aliphatic carbocycles. The zero-order chi connectivity index (χ0) is 11.0. The number of aromatic nitrogens is 2. The number of carbonyl (C=O) groups excluding carboxylic acids is 1. The SMILES string of the molecule is C#CC(=O)N1Cc2cn(C(C)C)nc2C1. The van der Waals surface area contributed by atoms with E-state index in [1.165, 1.54) is 0 Å². The molecule has 1 aromatic heterocycles. The number of hydrogen-bond acceptors (Lipinski definition) is 2. The minimum absolute atomic E-state index is 0.260. The maximum atomic E-state index is 11.3. The van der Waals surface area contributed by atoms with Crippen LogP contribution in [-0.2, 0) is 17.9 Å². The van der Waals surface area contributed by atoms with Gasteiger partial charge in [-0.3, -0.25) is 9.48 Å². The average molecular weight is 203 g/mol. The van der Waals surface area contributed by atoms with Crippen molar-refractivity contribution in [2.24, 2.45) is 0 Å². The standard InChI is InChI=1S/C11H13N3O/c1-4-11(15)13-5-9-6-14(8(2)3)12-10(9)7-13/h1,6,8H,5,7H2,2-3H3. The van der Waals surface area contributed by atoms with Gasteiger partial charge in [0.2, 0.25) is 0 Å². The van der Waals surface area contributed by atoms with E-state index in [4.69, 9.17) is 6.42 Å². The van der Waals surface area contributed by atoms with Crippen LogP contribution in [0.3, 0.4) is 0 Å². The molecule has 1 aromatic rings. The van der Waals surface area contributed by atoms with Crippen LogP contribution in [0.15, 0.2) is 6.20 Å². The summed E-state index contributed by atoms with van der Waals surface area (Å²) in [5, 5.41) is 4.41. The van der Waals surface area contributed by atoms with Crippen molar-refractivity contribution in [2.45, 2.75) is 33.0 Å². The molecule has 4 heteroatoms. The topological polar surface area (TPSA) is 38.1 Å². The number of terminal acetylenes is 1. The summed E-state index contributed by atoms with van der Waals surface area (Å²) in [5.74, 6) is 1.86. The summed E-state index contributed by atoms with van der Waals surface area (Å²) in [6.45, 7) is 5.28. The van der Waals surface area contributed by atoms with Gasteiger partial charge in [0, 0.05) is 17.8 Å². The Hall–Kier alpha value is -1.76. The average Bonchev–Trinajstić information content (AvgIpc) is 2.72. The fraction of sp³-hybridized carbons (Fsp3) is 0.455. The van der Waals surface area contributed by atoms with Crippen LogP contribution in [0, 0.1) is 12.3 Å². The highest BCUT2D eigenvalue weighted by atomic mass is 16.2. The number of rotatable bonds is 1. The van der Waals surface area contributed by atoms with Gasteiger partial charge in [0.1, 0.15) is 0 Å². The van der Waals surface area contributed by atoms with Gasteiger partial charge in [-0.05, 0) is 19.8 Å². The van der Waals surface area contributed by atoms with E-state index in [9.17, 15) is 4.79 Å². The summed E-state index contributed by atoms with van der Waals surface area (Å²) in [5.41, 5.74) is 2.07. The Kier molecular flexibility index (Phi) is 2.24. The lowest BCUT2D eigenvalue weighted by Gasteiger charge is -2.12. The number of nitrogens with zero attached hydrogens (tertiary/aromatic N) is 3. The molecule has 0 N–H and O–H groups in total. The fourth-order valence-corrected chi connectivity index (χ4v) is 1.67. The molecule has 78 valence electrons. The van der Waals surface area contributed by atoms with E-state index < -0.39 is 0 Å². The lowest BCUT2D eigenvalue weighted by Crippen LogP contribution is -2.24. The molecular weight excluding hydrogens is 190 g/mol. The van der Waals surface area contributed by atoms with Gasteiger partial charge in [-0.2, -0.15) is 5.10 Å². The van der Waals surface area contributed by atoms with Gasteiger partial charge in [-0.1, -0.05) is 0 Å². The van der Waals surface area contributed by atoms with E-state index >= 15 is 0 Å². The normalized spacial score (nSPS) is 14.1. The molecule has 2 rings (SSSR count). The summed E-state index contributed by atoms with van der Waals surface area (Å²) in [4.78, 5) is 12.9. The first-order valence-electron chi connectivity index (χ1n) is 4.94. The third kappa shape index (κ3) is 1.61. The Balaban J connectivity index is 2.18. The van der Waals surface area contributed by atoms with Crippen molar-refractivity contribution >= 4 is 5.91 Å². The van der Waals surface area contributed by atoms with E-state index in [1.807, 2.05) is 10.9 Å². The van der Waals surface area contributed by atoms with Crippen LogP contribution in [-0.4, -0.2) is 20.6 Å². The fourth-order valence-electron chi connectivity index (χ4n) is 1.67. The van der Waals surface area contributed by atoms with E-state index in [-0.39, 0.29) is 5.91 Å². The van der Waals surface area contributed by atoms with Crippen LogP contribution in [0.25, 0.3) is 0 Å². The van der Waals surface area contributed by atoms with Gasteiger partial charge in [-0.25, -0.2) is 0 Å². The summed E-state index contributed by atoms with van der Waals surface area (Å²) < 4.78 is 1.92. The summed E-state index contributed by atoms with van der Waals surface area (Å²) >= 11 is 0. The zero-order valence-corrected chi connectivity index (χ0v) is 8.90. The monoisotopic (exact) mass is 203 g/mol. The number of fused-ring (bicyclic) bond motifs is 1. The lowest BCUT2D eigenvalue weighted by atomic mass is 10.3. The van der Waals surface area contributed by atoms with Crippen LogP contribution in [0.2, 0.25) is 0 Å². The highest BCUT2D eigenvalue weighted by Gasteiger charge is 2.25. The quantitative estimate of drug-likeness (QED) is 0.637. The minimum Gasteiger partial charge on any atom is -0.321 e. The molecule has 2 heterocycles. The molecule has 0 fully saturated rings. The van der Waals surface area contributed by atoms with Gasteiger partial charge in [0.25, 0.3) is 5.91 Å². The van der Waals surface area contributed by atoms with E-state index in [0.717, 1.165) is 11.3 Å². The Labute approximate surface area is 88.9 Å². The van der Waals surface area contributed by atoms with Crippen LogP contribution in [0.5, 0.6) is 0 Å². The molecule has 0 aromatic carbocycles. The maximum Gasteiger partial charge on any atom is 0.298 e. The number of carbonyl (C=O) groups is 1. The van der Waals surface area contributed by atoms with Gasteiger partial charge >= 0.3 is 0 Å². The first kappa shape index (κ1) is 9.78. The Morgan fingerprint density at radius 1 is 1.60 bits per heavy atom. The molecular formula is C11H13N3O. The van der Waals surface area contributed by atoms with Crippen LogP contribution in [0.1, 0.15) is 31.1 Å². The van der Waals surface area contributed by atoms with E-state index in [0.29, 0.717) is 19.1 Å². The first-order chi connectivity index (χ1) is 7.11. The van der Waals surface area contributed by atoms with Gasteiger partial charge in [-0.15, -0.1) is 6.42 Å². The predicted molar refractivity (Wildman–Crippen MR) is 55.7 cm³/mol. The lowest BCUT2D eigenvalue weighted by molar-refractivity contribution is -0.125. The van der Waals surface area contributed by atoms with Gasteiger partial charge in [0.15, 0.2) is 0 Å². The first-order valence-corrected chi connectivity index (χ1v) is 4.94. The zero-order valence-electron chi connectivity index (χ0n) is 8.90.